The second-order valence-corrected chi connectivity index (χ2v) is 6.11. The fraction of sp³-hybridized carbons (Fsp3) is 0.400. The van der Waals surface area contributed by atoms with Crippen LogP contribution in [0, 0.1) is 0 Å². The van der Waals surface area contributed by atoms with Crippen molar-refractivity contribution in [2.75, 3.05) is 12.4 Å². The average Bonchev–Trinajstić information content (AvgIpc) is 2.85. The molecule has 0 fully saturated rings. The summed E-state index contributed by atoms with van der Waals surface area (Å²) in [6, 6.07) is 4.81. The molecule has 0 amide bonds. The molecule has 0 saturated carbocycles. The highest BCUT2D eigenvalue weighted by Gasteiger charge is 2.20. The molecule has 1 aromatic carbocycles. The van der Waals surface area contributed by atoms with Crippen molar-refractivity contribution >= 4 is 35.7 Å². The third-order valence-electron chi connectivity index (χ3n) is 2.70. The van der Waals surface area contributed by atoms with Crippen LogP contribution in [0.4, 0.5) is 4.79 Å². The van der Waals surface area contributed by atoms with Gasteiger partial charge in [-0.3, -0.25) is 0 Å². The molecular weight excluding hydrogens is 304 g/mol. The van der Waals surface area contributed by atoms with Crippen molar-refractivity contribution in [2.45, 2.75) is 26.4 Å². The molecule has 2 aromatic rings. The highest BCUT2D eigenvalue weighted by molar-refractivity contribution is 7.80. The van der Waals surface area contributed by atoms with Crippen LogP contribution in [0.25, 0.3) is 11.0 Å². The zero-order valence-corrected chi connectivity index (χ0v) is 13.6. The molecule has 0 spiro atoms. The number of thiol groups is 1. The summed E-state index contributed by atoms with van der Waals surface area (Å²) < 4.78 is 11.6. The summed E-state index contributed by atoms with van der Waals surface area (Å²) in [7, 11) is 0. The van der Waals surface area contributed by atoms with Gasteiger partial charge in [-0.25, -0.2) is 19.1 Å². The predicted octanol–water partition coefficient (Wildman–Crippen LogP) is 2.91. The van der Waals surface area contributed by atoms with E-state index in [2.05, 4.69) is 17.6 Å². The zero-order valence-electron chi connectivity index (χ0n) is 12.7. The number of hydrogen-bond donors (Lipinski definition) is 1. The molecule has 0 N–H and O–H groups in total. The molecule has 118 valence electrons. The van der Waals surface area contributed by atoms with E-state index in [1.807, 2.05) is 0 Å². The Labute approximate surface area is 133 Å². The van der Waals surface area contributed by atoms with E-state index in [0.29, 0.717) is 22.3 Å². The highest BCUT2D eigenvalue weighted by atomic mass is 32.1. The number of ether oxygens (including phenoxy) is 2. The molecule has 2 rings (SSSR count). The zero-order chi connectivity index (χ0) is 16.3. The molecule has 0 aliphatic rings. The van der Waals surface area contributed by atoms with E-state index in [4.69, 9.17) is 9.47 Å². The van der Waals surface area contributed by atoms with Gasteiger partial charge in [0.05, 0.1) is 16.6 Å². The Balaban J connectivity index is 2.27. The Morgan fingerprint density at radius 1 is 1.32 bits per heavy atom. The molecule has 1 aromatic heterocycles. The number of aromatic nitrogens is 2. The first kappa shape index (κ1) is 16.4. The van der Waals surface area contributed by atoms with Crippen LogP contribution in [0.5, 0.6) is 0 Å². The number of carbonyl (C=O) groups is 2. The third-order valence-corrected chi connectivity index (χ3v) is 2.88. The minimum absolute atomic E-state index is 0.242. The van der Waals surface area contributed by atoms with E-state index in [1.54, 1.807) is 39.0 Å². The molecule has 7 heteroatoms. The topological polar surface area (TPSA) is 70.4 Å². The Morgan fingerprint density at radius 2 is 2.05 bits per heavy atom. The number of carbonyl (C=O) groups excluding carboxylic acids is 2. The number of nitrogens with zero attached hydrogens (tertiary/aromatic N) is 2. The van der Waals surface area contributed by atoms with Crippen molar-refractivity contribution in [1.29, 1.82) is 0 Å². The Morgan fingerprint density at radius 3 is 2.68 bits per heavy atom. The summed E-state index contributed by atoms with van der Waals surface area (Å²) in [4.78, 5) is 28.0. The monoisotopic (exact) mass is 322 g/mol. The summed E-state index contributed by atoms with van der Waals surface area (Å²) in [5, 5.41) is 0. The second-order valence-electron chi connectivity index (χ2n) is 5.66. The minimum Gasteiger partial charge on any atom is -0.461 e. The predicted molar refractivity (Wildman–Crippen MR) is 85.5 cm³/mol. The lowest BCUT2D eigenvalue weighted by molar-refractivity contribution is 0.0526. The highest BCUT2D eigenvalue weighted by Crippen LogP contribution is 2.18. The smallest absolute Gasteiger partial charge is 0.420 e. The van der Waals surface area contributed by atoms with E-state index in [0.717, 1.165) is 0 Å². The number of fused-ring (bicyclic) bond motifs is 1. The number of imidazole rings is 1. The van der Waals surface area contributed by atoms with Crippen LogP contribution in [0.15, 0.2) is 24.5 Å². The molecule has 0 aliphatic carbocycles. The number of rotatable bonds is 3. The van der Waals surface area contributed by atoms with Gasteiger partial charge in [-0.05, 0) is 39.0 Å². The maximum absolute atomic E-state index is 12.1. The van der Waals surface area contributed by atoms with Gasteiger partial charge in [-0.2, -0.15) is 12.6 Å². The molecule has 0 unspecified atom stereocenters. The molecule has 0 aliphatic heterocycles. The van der Waals surface area contributed by atoms with Gasteiger partial charge >= 0.3 is 12.1 Å². The van der Waals surface area contributed by atoms with Crippen molar-refractivity contribution in [3.8, 4) is 0 Å². The SMILES string of the molecule is CC(C)(C)OC(=O)n1cnc2cc(C(=O)OCCS)ccc21. The van der Waals surface area contributed by atoms with E-state index >= 15 is 0 Å². The Hall–Kier alpha value is -2.02. The Kier molecular flexibility index (Phi) is 4.75. The molecule has 0 saturated heterocycles. The summed E-state index contributed by atoms with van der Waals surface area (Å²) in [6.07, 6.45) is 0.863. The number of hydrogen-bond acceptors (Lipinski definition) is 6. The minimum atomic E-state index is -0.593. The van der Waals surface area contributed by atoms with Crippen LogP contribution in [0.3, 0.4) is 0 Å². The van der Waals surface area contributed by atoms with Crippen LogP contribution in [0.2, 0.25) is 0 Å². The maximum Gasteiger partial charge on any atom is 0.420 e. The normalized spacial score (nSPS) is 11.5. The quantitative estimate of drug-likeness (QED) is 0.695. The molecule has 1 heterocycles. The fourth-order valence-electron chi connectivity index (χ4n) is 1.82. The van der Waals surface area contributed by atoms with Crippen LogP contribution in [0.1, 0.15) is 31.1 Å². The first-order valence-electron chi connectivity index (χ1n) is 6.80. The first-order valence-corrected chi connectivity index (χ1v) is 7.43. The summed E-state index contributed by atoms with van der Waals surface area (Å²) in [5.41, 5.74) is 0.875. The molecule has 0 atom stereocenters. The van der Waals surface area contributed by atoms with Gasteiger partial charge in [0.2, 0.25) is 0 Å². The van der Waals surface area contributed by atoms with Crippen molar-refractivity contribution < 1.29 is 19.1 Å². The Bertz CT molecular complexity index is 703. The lowest BCUT2D eigenvalue weighted by Gasteiger charge is -2.19. The van der Waals surface area contributed by atoms with Gasteiger partial charge < -0.3 is 9.47 Å². The van der Waals surface area contributed by atoms with Crippen LogP contribution in [-0.4, -0.2) is 39.6 Å². The van der Waals surface area contributed by atoms with Crippen LogP contribution in [-0.2, 0) is 9.47 Å². The number of esters is 1. The molecule has 0 bridgehead atoms. The molecule has 22 heavy (non-hydrogen) atoms. The summed E-state index contributed by atoms with van der Waals surface area (Å²) in [6.45, 7) is 5.62. The van der Waals surface area contributed by atoms with E-state index in [9.17, 15) is 9.59 Å². The standard InChI is InChI=1S/C15H18N2O4S/c1-15(2,3)21-14(19)17-9-16-11-8-10(4-5-12(11)17)13(18)20-6-7-22/h4-5,8-9,22H,6-7H2,1-3H3. The summed E-state index contributed by atoms with van der Waals surface area (Å²) in [5.74, 6) is 0.0177. The van der Waals surface area contributed by atoms with Crippen molar-refractivity contribution in [1.82, 2.24) is 9.55 Å². The van der Waals surface area contributed by atoms with Gasteiger partial charge in [0.25, 0.3) is 0 Å². The van der Waals surface area contributed by atoms with E-state index in [1.165, 1.54) is 10.9 Å². The molecule has 0 radical (unpaired) electrons. The fourth-order valence-corrected chi connectivity index (χ4v) is 1.91. The van der Waals surface area contributed by atoms with Crippen molar-refractivity contribution in [3.63, 3.8) is 0 Å². The second kappa shape index (κ2) is 6.39. The van der Waals surface area contributed by atoms with Crippen molar-refractivity contribution in [2.24, 2.45) is 0 Å². The van der Waals surface area contributed by atoms with Gasteiger partial charge in [0.1, 0.15) is 18.5 Å². The van der Waals surface area contributed by atoms with Gasteiger partial charge in [0, 0.05) is 5.75 Å². The van der Waals surface area contributed by atoms with Crippen LogP contribution < -0.4 is 0 Å². The van der Waals surface area contributed by atoms with Crippen molar-refractivity contribution in [3.05, 3.63) is 30.1 Å². The largest absolute Gasteiger partial charge is 0.461 e. The average molecular weight is 322 g/mol. The van der Waals surface area contributed by atoms with Gasteiger partial charge in [-0.15, -0.1) is 0 Å². The first-order chi connectivity index (χ1) is 10.3. The maximum atomic E-state index is 12.1. The lowest BCUT2D eigenvalue weighted by atomic mass is 10.2. The van der Waals surface area contributed by atoms with Gasteiger partial charge in [0.15, 0.2) is 0 Å². The summed E-state index contributed by atoms with van der Waals surface area (Å²) >= 11 is 3.98. The van der Waals surface area contributed by atoms with Gasteiger partial charge in [-0.1, -0.05) is 0 Å². The molecule has 6 nitrogen and oxygen atoms in total. The van der Waals surface area contributed by atoms with Crippen LogP contribution >= 0.6 is 12.6 Å². The number of benzene rings is 1. The lowest BCUT2D eigenvalue weighted by Crippen LogP contribution is -2.26. The third kappa shape index (κ3) is 3.79. The molecular formula is C15H18N2O4S. The van der Waals surface area contributed by atoms with E-state index in [-0.39, 0.29) is 6.61 Å². The van der Waals surface area contributed by atoms with E-state index < -0.39 is 17.7 Å².